The summed E-state index contributed by atoms with van der Waals surface area (Å²) in [5, 5.41) is 0. The van der Waals surface area contributed by atoms with Crippen molar-refractivity contribution < 1.29 is 9.18 Å². The van der Waals surface area contributed by atoms with Crippen LogP contribution >= 0.6 is 0 Å². The number of rotatable bonds is 5. The van der Waals surface area contributed by atoms with E-state index in [0.29, 0.717) is 12.6 Å². The fourth-order valence-electron chi connectivity index (χ4n) is 1.78. The zero-order valence-corrected chi connectivity index (χ0v) is 9.03. The van der Waals surface area contributed by atoms with Crippen molar-refractivity contribution >= 4 is 5.91 Å². The van der Waals surface area contributed by atoms with Crippen LogP contribution in [0.2, 0.25) is 0 Å². The lowest BCUT2D eigenvalue weighted by atomic mass is 10.2. The van der Waals surface area contributed by atoms with Gasteiger partial charge in [-0.1, -0.05) is 12.1 Å². The van der Waals surface area contributed by atoms with Gasteiger partial charge in [-0.25, -0.2) is 4.39 Å². The van der Waals surface area contributed by atoms with Gasteiger partial charge in [-0.15, -0.1) is 0 Å². The molecule has 2 rings (SSSR count). The Balaban J connectivity index is 1.99. The molecule has 3 nitrogen and oxygen atoms in total. The van der Waals surface area contributed by atoms with Gasteiger partial charge >= 0.3 is 0 Å². The summed E-state index contributed by atoms with van der Waals surface area (Å²) in [5.41, 5.74) is 6.20. The second-order valence-corrected chi connectivity index (χ2v) is 4.23. The number of carbonyl (C=O) groups excluding carboxylic acids is 1. The van der Waals surface area contributed by atoms with Crippen LogP contribution < -0.4 is 5.73 Å². The van der Waals surface area contributed by atoms with Gasteiger partial charge in [0.15, 0.2) is 0 Å². The number of nitrogens with two attached hydrogens (primary N) is 1. The fraction of sp³-hybridized carbons (Fsp3) is 0.417. The summed E-state index contributed by atoms with van der Waals surface area (Å²) < 4.78 is 12.7. The Morgan fingerprint density at radius 2 is 2.00 bits per heavy atom. The Labute approximate surface area is 94.0 Å². The van der Waals surface area contributed by atoms with E-state index in [9.17, 15) is 9.18 Å². The zero-order valence-electron chi connectivity index (χ0n) is 9.03. The smallest absolute Gasteiger partial charge is 0.231 e. The molecule has 0 atom stereocenters. The van der Waals surface area contributed by atoms with Crippen molar-refractivity contribution in [3.63, 3.8) is 0 Å². The summed E-state index contributed by atoms with van der Waals surface area (Å²) in [7, 11) is 0. The van der Waals surface area contributed by atoms with Crippen molar-refractivity contribution in [2.45, 2.75) is 25.4 Å². The molecule has 1 amide bonds. The van der Waals surface area contributed by atoms with Gasteiger partial charge in [0, 0.05) is 12.6 Å². The number of benzene rings is 1. The van der Waals surface area contributed by atoms with Gasteiger partial charge in [0.25, 0.3) is 0 Å². The van der Waals surface area contributed by atoms with Crippen molar-refractivity contribution in [2.24, 2.45) is 5.73 Å². The highest BCUT2D eigenvalue weighted by atomic mass is 19.1. The number of halogens is 1. The molecule has 1 aliphatic carbocycles. The van der Waals surface area contributed by atoms with Crippen molar-refractivity contribution in [3.8, 4) is 0 Å². The van der Waals surface area contributed by atoms with Crippen molar-refractivity contribution in [1.82, 2.24) is 4.90 Å². The molecule has 0 heterocycles. The van der Waals surface area contributed by atoms with Gasteiger partial charge in [0.2, 0.25) is 5.91 Å². The molecule has 0 aromatic heterocycles. The molecule has 1 aliphatic rings. The average molecular weight is 222 g/mol. The van der Waals surface area contributed by atoms with Crippen LogP contribution in [0, 0.1) is 5.82 Å². The number of nitrogens with zero attached hydrogens (tertiary/aromatic N) is 1. The highest BCUT2D eigenvalue weighted by Gasteiger charge is 2.29. The summed E-state index contributed by atoms with van der Waals surface area (Å²) in [6.45, 7) is 0.940. The number of amides is 1. The molecule has 0 aliphatic heterocycles. The fourth-order valence-corrected chi connectivity index (χ4v) is 1.78. The maximum absolute atomic E-state index is 12.7. The molecule has 0 radical (unpaired) electrons. The van der Waals surface area contributed by atoms with Gasteiger partial charge in [0.1, 0.15) is 5.82 Å². The topological polar surface area (TPSA) is 46.3 Å². The third kappa shape index (κ3) is 3.03. The first-order chi connectivity index (χ1) is 7.65. The first-order valence-electron chi connectivity index (χ1n) is 5.42. The van der Waals surface area contributed by atoms with Gasteiger partial charge in [0.05, 0.1) is 6.54 Å². The van der Waals surface area contributed by atoms with Gasteiger partial charge in [-0.05, 0) is 30.5 Å². The number of carbonyl (C=O) groups is 1. The number of primary amides is 1. The lowest BCUT2D eigenvalue weighted by Gasteiger charge is -2.20. The highest BCUT2D eigenvalue weighted by Crippen LogP contribution is 2.27. The highest BCUT2D eigenvalue weighted by molar-refractivity contribution is 5.76. The lowest BCUT2D eigenvalue weighted by Crippen LogP contribution is -2.34. The summed E-state index contributed by atoms with van der Waals surface area (Å²) >= 11 is 0. The first kappa shape index (κ1) is 11.1. The Bertz CT molecular complexity index is 373. The Kier molecular flexibility index (Phi) is 3.19. The van der Waals surface area contributed by atoms with Crippen LogP contribution in [0.1, 0.15) is 18.4 Å². The normalized spacial score (nSPS) is 15.4. The van der Waals surface area contributed by atoms with Crippen molar-refractivity contribution in [3.05, 3.63) is 35.6 Å². The molecule has 1 aromatic rings. The zero-order chi connectivity index (χ0) is 11.5. The van der Waals surface area contributed by atoms with E-state index in [2.05, 4.69) is 4.90 Å². The summed E-state index contributed by atoms with van der Waals surface area (Å²) in [5.74, 6) is -0.550. The van der Waals surface area contributed by atoms with E-state index in [0.717, 1.165) is 18.4 Å². The SMILES string of the molecule is NC(=O)CN(Cc1ccc(F)cc1)C1CC1. The minimum atomic E-state index is -0.311. The Morgan fingerprint density at radius 3 is 2.50 bits per heavy atom. The molecule has 0 spiro atoms. The molecule has 0 unspecified atom stereocenters. The average Bonchev–Trinajstić information content (AvgIpc) is 3.03. The Hall–Kier alpha value is -1.42. The number of hydrogen-bond donors (Lipinski definition) is 1. The minimum absolute atomic E-state index is 0.239. The predicted octanol–water partition coefficient (Wildman–Crippen LogP) is 1.28. The molecule has 0 saturated heterocycles. The molecular formula is C12H15FN2O. The van der Waals surface area contributed by atoms with Crippen LogP contribution in [0.3, 0.4) is 0 Å². The molecule has 2 N–H and O–H groups in total. The molecule has 4 heteroatoms. The van der Waals surface area contributed by atoms with E-state index >= 15 is 0 Å². The quantitative estimate of drug-likeness (QED) is 0.815. The monoisotopic (exact) mass is 222 g/mol. The van der Waals surface area contributed by atoms with E-state index < -0.39 is 0 Å². The first-order valence-corrected chi connectivity index (χ1v) is 5.42. The standard InChI is InChI=1S/C12H15FN2O/c13-10-3-1-9(2-4-10)7-15(8-12(14)16)11-5-6-11/h1-4,11H,5-8H2,(H2,14,16). The van der Waals surface area contributed by atoms with Crippen LogP contribution in [0.4, 0.5) is 4.39 Å². The second-order valence-electron chi connectivity index (χ2n) is 4.23. The van der Waals surface area contributed by atoms with Crippen molar-refractivity contribution in [2.75, 3.05) is 6.54 Å². The summed E-state index contributed by atoms with van der Waals surface area (Å²) in [6.07, 6.45) is 2.24. The lowest BCUT2D eigenvalue weighted by molar-refractivity contribution is -0.119. The van der Waals surface area contributed by atoms with Crippen LogP contribution in [-0.2, 0) is 11.3 Å². The molecule has 1 fully saturated rings. The van der Waals surface area contributed by atoms with E-state index in [1.165, 1.54) is 12.1 Å². The van der Waals surface area contributed by atoms with Crippen LogP contribution in [0.25, 0.3) is 0 Å². The summed E-state index contributed by atoms with van der Waals surface area (Å²) in [6, 6.07) is 6.82. The maximum atomic E-state index is 12.7. The molecule has 1 aromatic carbocycles. The van der Waals surface area contributed by atoms with E-state index in [4.69, 9.17) is 5.73 Å². The van der Waals surface area contributed by atoms with Gasteiger partial charge in [-0.3, -0.25) is 9.69 Å². The van der Waals surface area contributed by atoms with Crippen LogP contribution in [0.15, 0.2) is 24.3 Å². The largest absolute Gasteiger partial charge is 0.369 e. The summed E-state index contributed by atoms with van der Waals surface area (Å²) in [4.78, 5) is 13.0. The molecule has 0 bridgehead atoms. The van der Waals surface area contributed by atoms with Crippen molar-refractivity contribution in [1.29, 1.82) is 0 Å². The molecular weight excluding hydrogens is 207 g/mol. The van der Waals surface area contributed by atoms with E-state index in [1.807, 2.05) is 0 Å². The molecule has 1 saturated carbocycles. The third-order valence-corrected chi connectivity index (χ3v) is 2.72. The second kappa shape index (κ2) is 4.61. The molecule has 86 valence electrons. The third-order valence-electron chi connectivity index (χ3n) is 2.72. The van der Waals surface area contributed by atoms with Crippen LogP contribution in [0.5, 0.6) is 0 Å². The predicted molar refractivity (Wildman–Crippen MR) is 59.0 cm³/mol. The van der Waals surface area contributed by atoms with E-state index in [-0.39, 0.29) is 18.3 Å². The van der Waals surface area contributed by atoms with E-state index in [1.54, 1.807) is 12.1 Å². The minimum Gasteiger partial charge on any atom is -0.369 e. The molecule has 16 heavy (non-hydrogen) atoms. The number of hydrogen-bond acceptors (Lipinski definition) is 2. The van der Waals surface area contributed by atoms with Gasteiger partial charge in [-0.2, -0.15) is 0 Å². The maximum Gasteiger partial charge on any atom is 0.231 e. The van der Waals surface area contributed by atoms with Gasteiger partial charge < -0.3 is 5.73 Å². The Morgan fingerprint density at radius 1 is 1.38 bits per heavy atom. The van der Waals surface area contributed by atoms with Crippen LogP contribution in [-0.4, -0.2) is 23.4 Å².